The van der Waals surface area contributed by atoms with Crippen molar-refractivity contribution >= 4 is 11.9 Å². The van der Waals surface area contributed by atoms with Crippen molar-refractivity contribution in [3.63, 3.8) is 0 Å². The average molecular weight is 370 g/mol. The number of esters is 2. The second-order valence-electron chi connectivity index (χ2n) is 7.27. The molecule has 0 saturated carbocycles. The summed E-state index contributed by atoms with van der Waals surface area (Å²) >= 11 is 0. The molecule has 0 bridgehead atoms. The van der Waals surface area contributed by atoms with Crippen LogP contribution in [0.25, 0.3) is 0 Å². The van der Waals surface area contributed by atoms with E-state index in [4.69, 9.17) is 18.9 Å². The largest absolute Gasteiger partial charge is 0.457 e. The quantitative estimate of drug-likeness (QED) is 0.386. The lowest BCUT2D eigenvalue weighted by molar-refractivity contribution is -0.155. The van der Waals surface area contributed by atoms with E-state index in [0.29, 0.717) is 26.1 Å². The van der Waals surface area contributed by atoms with E-state index in [-0.39, 0.29) is 24.1 Å². The number of unbranched alkanes of at least 4 members (excludes halogenated alkanes) is 6. The molecule has 6 heteroatoms. The first-order valence-electron chi connectivity index (χ1n) is 10.3. The molecule has 0 amide bonds. The van der Waals surface area contributed by atoms with Crippen molar-refractivity contribution in [3.05, 3.63) is 0 Å². The maximum absolute atomic E-state index is 12.0. The Morgan fingerprint density at radius 3 is 1.77 bits per heavy atom. The number of carbonyl (C=O) groups excluding carboxylic acids is 2. The molecule has 4 atom stereocenters. The van der Waals surface area contributed by atoms with Gasteiger partial charge in [0.2, 0.25) is 0 Å². The molecule has 0 spiro atoms. The van der Waals surface area contributed by atoms with E-state index in [2.05, 4.69) is 6.92 Å². The summed E-state index contributed by atoms with van der Waals surface area (Å²) in [5.74, 6) is -0.424. The van der Waals surface area contributed by atoms with E-state index in [1.807, 2.05) is 6.92 Å². The van der Waals surface area contributed by atoms with Crippen molar-refractivity contribution in [2.45, 2.75) is 102 Å². The molecular formula is C20H34O6. The summed E-state index contributed by atoms with van der Waals surface area (Å²) in [5, 5.41) is 0. The molecule has 2 rings (SSSR count). The minimum absolute atomic E-state index is 0.192. The van der Waals surface area contributed by atoms with Crippen molar-refractivity contribution in [2.24, 2.45) is 0 Å². The molecule has 2 aliphatic rings. The third-order valence-corrected chi connectivity index (χ3v) is 4.97. The molecule has 0 aliphatic carbocycles. The minimum Gasteiger partial charge on any atom is -0.457 e. The summed E-state index contributed by atoms with van der Waals surface area (Å²) in [7, 11) is 0. The van der Waals surface area contributed by atoms with Gasteiger partial charge in [0.25, 0.3) is 0 Å². The Bertz CT molecular complexity index is 438. The molecule has 2 heterocycles. The van der Waals surface area contributed by atoms with Crippen LogP contribution in [-0.2, 0) is 28.5 Å². The zero-order valence-electron chi connectivity index (χ0n) is 16.2. The highest BCUT2D eigenvalue weighted by atomic mass is 16.7. The van der Waals surface area contributed by atoms with Crippen LogP contribution in [0.5, 0.6) is 0 Å². The van der Waals surface area contributed by atoms with Gasteiger partial charge in [0.05, 0.1) is 13.2 Å². The summed E-state index contributed by atoms with van der Waals surface area (Å²) in [4.78, 5) is 23.7. The third kappa shape index (κ3) is 6.54. The zero-order valence-corrected chi connectivity index (χ0v) is 16.2. The van der Waals surface area contributed by atoms with E-state index in [1.165, 1.54) is 32.1 Å². The lowest BCUT2D eigenvalue weighted by Crippen LogP contribution is -2.35. The van der Waals surface area contributed by atoms with Crippen LogP contribution in [0.4, 0.5) is 0 Å². The third-order valence-electron chi connectivity index (χ3n) is 4.97. The lowest BCUT2D eigenvalue weighted by atomic mass is 10.1. The standard InChI is InChI=1S/C20H34O6/c1-3-5-6-7-8-9-10-12-18(22)26-16-14-24-19-15(13-23-20(16)19)25-17(21)11-4-2/h15-16,19-20H,3-14H2,1-2H3. The van der Waals surface area contributed by atoms with Gasteiger partial charge in [-0.1, -0.05) is 52.4 Å². The molecular weight excluding hydrogens is 336 g/mol. The zero-order chi connectivity index (χ0) is 18.8. The normalized spacial score (nSPS) is 27.3. The Morgan fingerprint density at radius 1 is 0.731 bits per heavy atom. The first-order valence-corrected chi connectivity index (χ1v) is 10.3. The van der Waals surface area contributed by atoms with Crippen LogP contribution >= 0.6 is 0 Å². The summed E-state index contributed by atoms with van der Waals surface area (Å²) in [6, 6.07) is 0. The van der Waals surface area contributed by atoms with Crippen LogP contribution in [-0.4, -0.2) is 49.6 Å². The molecule has 2 fully saturated rings. The molecule has 0 aromatic rings. The van der Waals surface area contributed by atoms with Gasteiger partial charge in [-0.2, -0.15) is 0 Å². The highest BCUT2D eigenvalue weighted by molar-refractivity contribution is 5.70. The van der Waals surface area contributed by atoms with E-state index < -0.39 is 12.2 Å². The Labute approximate surface area is 156 Å². The van der Waals surface area contributed by atoms with Gasteiger partial charge in [-0.25, -0.2) is 0 Å². The van der Waals surface area contributed by atoms with Gasteiger partial charge in [-0.05, 0) is 12.8 Å². The number of rotatable bonds is 12. The molecule has 2 saturated heterocycles. The summed E-state index contributed by atoms with van der Waals surface area (Å²) in [6.45, 7) is 4.75. The molecule has 0 radical (unpaired) electrons. The van der Waals surface area contributed by atoms with Crippen LogP contribution in [0.15, 0.2) is 0 Å². The molecule has 0 aromatic heterocycles. The molecule has 4 unspecified atom stereocenters. The molecule has 0 N–H and O–H groups in total. The second kappa shape index (κ2) is 11.5. The summed E-state index contributed by atoms with van der Waals surface area (Å²) in [5.41, 5.74) is 0. The number of ether oxygens (including phenoxy) is 4. The maximum atomic E-state index is 12.0. The van der Waals surface area contributed by atoms with E-state index in [9.17, 15) is 9.59 Å². The van der Waals surface area contributed by atoms with Gasteiger partial charge in [0.15, 0.2) is 12.2 Å². The predicted octanol–water partition coefficient (Wildman–Crippen LogP) is 3.55. The number of carbonyl (C=O) groups is 2. The second-order valence-corrected chi connectivity index (χ2v) is 7.27. The first-order chi connectivity index (χ1) is 12.7. The maximum Gasteiger partial charge on any atom is 0.306 e. The van der Waals surface area contributed by atoms with Crippen LogP contribution in [0.1, 0.15) is 78.1 Å². The Kier molecular flexibility index (Phi) is 9.40. The fraction of sp³-hybridized carbons (Fsp3) is 0.900. The smallest absolute Gasteiger partial charge is 0.306 e. The van der Waals surface area contributed by atoms with Crippen LogP contribution in [0.2, 0.25) is 0 Å². The Balaban J connectivity index is 1.62. The van der Waals surface area contributed by atoms with Gasteiger partial charge in [-0.15, -0.1) is 0 Å². The fourth-order valence-corrected chi connectivity index (χ4v) is 3.52. The van der Waals surface area contributed by atoms with Gasteiger partial charge in [0, 0.05) is 12.8 Å². The average Bonchev–Trinajstić information content (AvgIpc) is 3.18. The summed E-state index contributed by atoms with van der Waals surface area (Å²) < 4.78 is 22.3. The van der Waals surface area contributed by atoms with Crippen LogP contribution in [0.3, 0.4) is 0 Å². The Morgan fingerprint density at radius 2 is 1.23 bits per heavy atom. The van der Waals surface area contributed by atoms with E-state index in [0.717, 1.165) is 19.3 Å². The van der Waals surface area contributed by atoms with Crippen molar-refractivity contribution in [3.8, 4) is 0 Å². The Hall–Kier alpha value is -1.14. The van der Waals surface area contributed by atoms with Crippen molar-refractivity contribution < 1.29 is 28.5 Å². The number of fused-ring (bicyclic) bond motifs is 1. The van der Waals surface area contributed by atoms with Gasteiger partial charge in [-0.3, -0.25) is 9.59 Å². The molecule has 150 valence electrons. The molecule has 26 heavy (non-hydrogen) atoms. The summed E-state index contributed by atoms with van der Waals surface area (Å²) in [6.07, 6.45) is 8.32. The van der Waals surface area contributed by atoms with Crippen LogP contribution < -0.4 is 0 Å². The van der Waals surface area contributed by atoms with E-state index in [1.54, 1.807) is 0 Å². The highest BCUT2D eigenvalue weighted by Gasteiger charge is 2.51. The predicted molar refractivity (Wildman–Crippen MR) is 96.8 cm³/mol. The van der Waals surface area contributed by atoms with Gasteiger partial charge < -0.3 is 18.9 Å². The number of hydrogen-bond donors (Lipinski definition) is 0. The fourth-order valence-electron chi connectivity index (χ4n) is 3.52. The van der Waals surface area contributed by atoms with E-state index >= 15 is 0 Å². The van der Waals surface area contributed by atoms with Crippen molar-refractivity contribution in [1.82, 2.24) is 0 Å². The first kappa shape index (κ1) is 21.2. The van der Waals surface area contributed by atoms with Crippen molar-refractivity contribution in [2.75, 3.05) is 13.2 Å². The van der Waals surface area contributed by atoms with Crippen molar-refractivity contribution in [1.29, 1.82) is 0 Å². The SMILES string of the molecule is CCCCCCCCCC(=O)OC1COC2C(OC(=O)CCC)COC12. The molecule has 2 aliphatic heterocycles. The highest BCUT2D eigenvalue weighted by Crippen LogP contribution is 2.31. The van der Waals surface area contributed by atoms with Crippen LogP contribution in [0, 0.1) is 0 Å². The van der Waals surface area contributed by atoms with Gasteiger partial charge in [0.1, 0.15) is 12.2 Å². The minimum atomic E-state index is -0.397. The lowest BCUT2D eigenvalue weighted by Gasteiger charge is -2.17. The number of hydrogen-bond acceptors (Lipinski definition) is 6. The molecule has 6 nitrogen and oxygen atoms in total. The molecule has 0 aromatic carbocycles. The topological polar surface area (TPSA) is 71.1 Å². The monoisotopic (exact) mass is 370 g/mol. The van der Waals surface area contributed by atoms with Gasteiger partial charge >= 0.3 is 11.9 Å².